The Morgan fingerprint density at radius 1 is 0.976 bits per heavy atom. The number of fused-ring (bicyclic) bond motifs is 1. The number of nitrogens with zero attached hydrogens (tertiary/aromatic N) is 2. The quantitative estimate of drug-likeness (QED) is 0.193. The van der Waals surface area contributed by atoms with Gasteiger partial charge in [0.25, 0.3) is 11.5 Å². The molecular weight excluding hydrogens is 558 g/mol. The van der Waals surface area contributed by atoms with Crippen LogP contribution in [0.25, 0.3) is 21.3 Å². The maximum absolute atomic E-state index is 13.6. The fourth-order valence-electron chi connectivity index (χ4n) is 4.69. The summed E-state index contributed by atoms with van der Waals surface area (Å²) in [6.45, 7) is 8.43. The predicted molar refractivity (Wildman–Crippen MR) is 164 cm³/mol. The van der Waals surface area contributed by atoms with E-state index in [-0.39, 0.29) is 12.2 Å². The van der Waals surface area contributed by atoms with Crippen molar-refractivity contribution < 1.29 is 19.1 Å². The summed E-state index contributed by atoms with van der Waals surface area (Å²) in [7, 11) is 0. The molecule has 0 fully saturated rings. The van der Waals surface area contributed by atoms with Gasteiger partial charge >= 0.3 is 5.97 Å². The van der Waals surface area contributed by atoms with Crippen LogP contribution in [-0.4, -0.2) is 34.6 Å². The number of carbonyl (C=O) groups is 2. The van der Waals surface area contributed by atoms with Crippen molar-refractivity contribution in [3.05, 3.63) is 97.7 Å². The smallest absolute Gasteiger partial charge is 0.341 e. The molecular formula is C31H29N3O5S2. The lowest BCUT2D eigenvalue weighted by atomic mass is 10.0. The molecule has 5 rings (SSSR count). The zero-order valence-electron chi connectivity index (χ0n) is 23.1. The lowest BCUT2D eigenvalue weighted by Crippen LogP contribution is -2.21. The highest BCUT2D eigenvalue weighted by atomic mass is 32.1. The van der Waals surface area contributed by atoms with Crippen LogP contribution >= 0.6 is 22.7 Å². The third-order valence-corrected chi connectivity index (χ3v) is 8.78. The van der Waals surface area contributed by atoms with Gasteiger partial charge in [-0.1, -0.05) is 42.5 Å². The lowest BCUT2D eigenvalue weighted by Gasteiger charge is -2.10. The highest BCUT2D eigenvalue weighted by Crippen LogP contribution is 2.41. The first-order chi connectivity index (χ1) is 19.8. The number of benzene rings is 2. The summed E-state index contributed by atoms with van der Waals surface area (Å²) in [5.41, 5.74) is 3.14. The highest BCUT2D eigenvalue weighted by Gasteiger charge is 2.27. The van der Waals surface area contributed by atoms with Crippen LogP contribution in [0.2, 0.25) is 0 Å². The molecule has 0 saturated carbocycles. The molecule has 0 bridgehead atoms. The second kappa shape index (κ2) is 12.1. The van der Waals surface area contributed by atoms with E-state index in [1.54, 1.807) is 18.4 Å². The Morgan fingerprint density at radius 3 is 2.39 bits per heavy atom. The van der Waals surface area contributed by atoms with Gasteiger partial charge in [-0.15, -0.1) is 22.7 Å². The summed E-state index contributed by atoms with van der Waals surface area (Å²) >= 11 is 2.46. The van der Waals surface area contributed by atoms with Gasteiger partial charge in [-0.2, -0.15) is 0 Å². The minimum atomic E-state index is -0.519. The van der Waals surface area contributed by atoms with Crippen LogP contribution in [0.4, 0.5) is 5.00 Å². The standard InChI is InChI=1S/C31H29N3O5S2/c1-5-38-22-14-12-21(13-15-22)24-19(4)40-29(25(24)31(37)39-6-2)33-27(35)26-18(3)23-28(41-26)32-17-34(30(23)36)16-20-10-8-7-9-11-20/h7-15,17H,5-6,16H2,1-4H3,(H,33,35). The molecule has 41 heavy (non-hydrogen) atoms. The van der Waals surface area contributed by atoms with Gasteiger partial charge in [-0.25, -0.2) is 9.78 Å². The Kier molecular flexibility index (Phi) is 8.32. The monoisotopic (exact) mass is 587 g/mol. The second-order valence-corrected chi connectivity index (χ2v) is 11.5. The minimum Gasteiger partial charge on any atom is -0.494 e. The zero-order valence-corrected chi connectivity index (χ0v) is 24.8. The molecule has 2 aromatic carbocycles. The van der Waals surface area contributed by atoms with Gasteiger partial charge < -0.3 is 14.8 Å². The topological polar surface area (TPSA) is 99.5 Å². The number of carbonyl (C=O) groups excluding carboxylic acids is 2. The molecule has 1 amide bonds. The number of esters is 1. The number of aromatic nitrogens is 2. The molecule has 3 heterocycles. The van der Waals surface area contributed by atoms with E-state index in [1.807, 2.05) is 68.4 Å². The third-order valence-electron chi connectivity index (χ3n) is 6.56. The first-order valence-corrected chi connectivity index (χ1v) is 14.8. The molecule has 10 heteroatoms. The molecule has 0 aliphatic rings. The summed E-state index contributed by atoms with van der Waals surface area (Å²) in [5, 5.41) is 3.74. The summed E-state index contributed by atoms with van der Waals surface area (Å²) < 4.78 is 12.5. The van der Waals surface area contributed by atoms with E-state index >= 15 is 0 Å². The molecule has 3 aromatic heterocycles. The van der Waals surface area contributed by atoms with Crippen molar-refractivity contribution >= 4 is 49.8 Å². The largest absolute Gasteiger partial charge is 0.494 e. The van der Waals surface area contributed by atoms with Crippen LogP contribution in [0.15, 0.2) is 65.7 Å². The molecule has 0 radical (unpaired) electrons. The normalized spacial score (nSPS) is 11.0. The molecule has 0 aliphatic heterocycles. The van der Waals surface area contributed by atoms with Crippen molar-refractivity contribution in [2.24, 2.45) is 0 Å². The van der Waals surface area contributed by atoms with E-state index in [4.69, 9.17) is 9.47 Å². The first-order valence-electron chi connectivity index (χ1n) is 13.2. The van der Waals surface area contributed by atoms with Gasteiger partial charge in [0.05, 0.1) is 36.3 Å². The summed E-state index contributed by atoms with van der Waals surface area (Å²) in [6.07, 6.45) is 1.51. The van der Waals surface area contributed by atoms with Gasteiger partial charge in [0.15, 0.2) is 0 Å². The zero-order chi connectivity index (χ0) is 29.1. The molecule has 0 saturated heterocycles. The Balaban J connectivity index is 1.50. The molecule has 0 aliphatic carbocycles. The fourth-order valence-corrected chi connectivity index (χ4v) is 6.79. The number of ether oxygens (including phenoxy) is 2. The Bertz CT molecular complexity index is 1790. The van der Waals surface area contributed by atoms with E-state index in [1.165, 1.54) is 17.7 Å². The number of aryl methyl sites for hydroxylation is 2. The van der Waals surface area contributed by atoms with Crippen LogP contribution in [-0.2, 0) is 11.3 Å². The minimum absolute atomic E-state index is 0.195. The third kappa shape index (κ3) is 5.66. The molecule has 0 atom stereocenters. The van der Waals surface area contributed by atoms with Crippen LogP contribution in [0.3, 0.4) is 0 Å². The van der Waals surface area contributed by atoms with Crippen molar-refractivity contribution in [2.45, 2.75) is 34.2 Å². The Labute approximate surface area is 245 Å². The van der Waals surface area contributed by atoms with Crippen LogP contribution in [0.1, 0.15) is 49.9 Å². The number of anilines is 1. The van der Waals surface area contributed by atoms with E-state index in [2.05, 4.69) is 10.3 Å². The molecule has 8 nitrogen and oxygen atoms in total. The number of amides is 1. The van der Waals surface area contributed by atoms with Gasteiger partial charge in [-0.05, 0) is 56.5 Å². The predicted octanol–water partition coefficient (Wildman–Crippen LogP) is 6.68. The Morgan fingerprint density at radius 2 is 1.71 bits per heavy atom. The molecule has 0 spiro atoms. The fraction of sp³-hybridized carbons (Fsp3) is 0.226. The molecule has 0 unspecified atom stereocenters. The second-order valence-electron chi connectivity index (χ2n) is 9.27. The average molecular weight is 588 g/mol. The van der Waals surface area contributed by atoms with E-state index in [0.717, 1.165) is 33.1 Å². The van der Waals surface area contributed by atoms with Gasteiger partial charge in [0, 0.05) is 10.4 Å². The average Bonchev–Trinajstić information content (AvgIpc) is 3.48. The van der Waals surface area contributed by atoms with Crippen molar-refractivity contribution in [3.8, 4) is 16.9 Å². The van der Waals surface area contributed by atoms with Crippen LogP contribution < -0.4 is 15.6 Å². The van der Waals surface area contributed by atoms with Crippen molar-refractivity contribution in [1.82, 2.24) is 9.55 Å². The van der Waals surface area contributed by atoms with Crippen molar-refractivity contribution in [3.63, 3.8) is 0 Å². The van der Waals surface area contributed by atoms with Crippen molar-refractivity contribution in [1.29, 1.82) is 0 Å². The maximum Gasteiger partial charge on any atom is 0.341 e. The van der Waals surface area contributed by atoms with Gasteiger partial charge in [0.1, 0.15) is 21.1 Å². The molecule has 1 N–H and O–H groups in total. The number of rotatable bonds is 9. The van der Waals surface area contributed by atoms with E-state index in [9.17, 15) is 14.4 Å². The molecule has 210 valence electrons. The number of hydrogen-bond donors (Lipinski definition) is 1. The number of nitrogens with one attached hydrogen (secondary N) is 1. The van der Waals surface area contributed by atoms with E-state index in [0.29, 0.717) is 49.9 Å². The van der Waals surface area contributed by atoms with E-state index < -0.39 is 11.9 Å². The maximum atomic E-state index is 13.6. The Hall–Kier alpha value is -4.28. The first kappa shape index (κ1) is 28.3. The van der Waals surface area contributed by atoms with Crippen LogP contribution in [0, 0.1) is 13.8 Å². The SMILES string of the molecule is CCOC(=O)c1c(NC(=O)c2sc3ncn(Cc4ccccc4)c(=O)c3c2C)sc(C)c1-c1ccc(OCC)cc1. The number of hydrogen-bond acceptors (Lipinski definition) is 8. The molecule has 5 aromatic rings. The van der Waals surface area contributed by atoms with Gasteiger partial charge in [0.2, 0.25) is 0 Å². The lowest BCUT2D eigenvalue weighted by molar-refractivity contribution is 0.0529. The summed E-state index contributed by atoms with van der Waals surface area (Å²) in [6, 6.07) is 17.1. The van der Waals surface area contributed by atoms with Crippen molar-refractivity contribution in [2.75, 3.05) is 18.5 Å². The summed E-state index contributed by atoms with van der Waals surface area (Å²) in [5.74, 6) is -0.203. The van der Waals surface area contributed by atoms with Crippen LogP contribution in [0.5, 0.6) is 5.75 Å². The number of thiophene rings is 2. The highest BCUT2D eigenvalue weighted by molar-refractivity contribution is 7.21. The summed E-state index contributed by atoms with van der Waals surface area (Å²) in [4.78, 5) is 46.3. The van der Waals surface area contributed by atoms with Gasteiger partial charge in [-0.3, -0.25) is 14.2 Å².